The first kappa shape index (κ1) is 19.6. The molecule has 2 heterocycles. The number of aromatic amines is 1. The molecule has 0 radical (unpaired) electrons. The van der Waals surface area contributed by atoms with Crippen LogP contribution in [0.2, 0.25) is 5.02 Å². The number of aryl methyl sites for hydroxylation is 3. The van der Waals surface area contributed by atoms with Crippen molar-refractivity contribution >= 4 is 11.6 Å². The molecule has 1 N–H and O–H groups in total. The quantitative estimate of drug-likeness (QED) is 0.648. The number of hydrogen-bond acceptors (Lipinski definition) is 5. The molecule has 0 fully saturated rings. The Kier molecular flexibility index (Phi) is 5.19. The molecule has 0 saturated heterocycles. The van der Waals surface area contributed by atoms with Crippen molar-refractivity contribution in [1.29, 1.82) is 0 Å². The van der Waals surface area contributed by atoms with Crippen LogP contribution in [0.5, 0.6) is 0 Å². The van der Waals surface area contributed by atoms with Gasteiger partial charge in [-0.2, -0.15) is 5.10 Å². The van der Waals surface area contributed by atoms with Crippen LogP contribution in [0.4, 0.5) is 0 Å². The number of benzene rings is 1. The van der Waals surface area contributed by atoms with Gasteiger partial charge in [-0.3, -0.25) is 19.1 Å². The second-order valence-electron chi connectivity index (χ2n) is 6.31. The zero-order valence-corrected chi connectivity index (χ0v) is 16.3. The number of H-pyrrole nitrogens is 1. The molecule has 0 spiro atoms. The van der Waals surface area contributed by atoms with Crippen molar-refractivity contribution in [3.63, 3.8) is 0 Å². The summed E-state index contributed by atoms with van der Waals surface area (Å²) in [5, 5.41) is 7.03. The highest BCUT2D eigenvalue weighted by Gasteiger charge is 2.20. The maximum atomic E-state index is 13.1. The number of aromatic nitrogens is 5. The molecule has 0 amide bonds. The summed E-state index contributed by atoms with van der Waals surface area (Å²) in [5.74, 6) is 0. The lowest BCUT2D eigenvalue weighted by molar-refractivity contribution is 0.532. The molecule has 3 aromatic rings. The van der Waals surface area contributed by atoms with Crippen LogP contribution in [0.15, 0.2) is 43.6 Å². The Morgan fingerprint density at radius 1 is 1.14 bits per heavy atom. The molecule has 9 nitrogen and oxygen atoms in total. The normalized spacial score (nSPS) is 11.0. The molecule has 2 aromatic heterocycles. The van der Waals surface area contributed by atoms with E-state index >= 15 is 0 Å². The van der Waals surface area contributed by atoms with Gasteiger partial charge in [0, 0.05) is 24.8 Å². The molecule has 0 bridgehead atoms. The average Bonchev–Trinajstić information content (AvgIpc) is 2.66. The standard InChI is InChI=1S/C18H18ClN5O4/c1-4-7-23-18(28)24(11-6-5-10(2)13(19)8-11)16(26)14(21-23)12-9-20-22(3)17(27)15(12)25/h5-6,8-9,20H,4,7H2,1-3H3. The van der Waals surface area contributed by atoms with Crippen LogP contribution in [-0.4, -0.2) is 24.1 Å². The SMILES string of the molecule is CCCn1nc(-c2c[nH]n(C)c(=O)c2=O)c(=O)n(-c2ccc(C)c(Cl)c2)c1=O. The van der Waals surface area contributed by atoms with Crippen molar-refractivity contribution in [3.05, 3.63) is 76.4 Å². The van der Waals surface area contributed by atoms with Crippen LogP contribution < -0.4 is 22.2 Å². The maximum Gasteiger partial charge on any atom is 0.352 e. The number of nitrogens with one attached hydrogen (secondary N) is 1. The lowest BCUT2D eigenvalue weighted by Gasteiger charge is -2.12. The molecule has 0 aliphatic carbocycles. The Labute approximate surface area is 163 Å². The molecule has 10 heteroatoms. The summed E-state index contributed by atoms with van der Waals surface area (Å²) < 4.78 is 2.99. The van der Waals surface area contributed by atoms with E-state index < -0.39 is 22.2 Å². The van der Waals surface area contributed by atoms with E-state index in [9.17, 15) is 19.2 Å². The Morgan fingerprint density at radius 2 is 1.86 bits per heavy atom. The molecule has 28 heavy (non-hydrogen) atoms. The third kappa shape index (κ3) is 3.24. The summed E-state index contributed by atoms with van der Waals surface area (Å²) in [6, 6.07) is 4.76. The molecule has 0 saturated carbocycles. The van der Waals surface area contributed by atoms with Gasteiger partial charge in [0.05, 0.1) is 11.3 Å². The van der Waals surface area contributed by atoms with E-state index in [1.807, 2.05) is 6.92 Å². The molecular weight excluding hydrogens is 386 g/mol. The number of rotatable bonds is 4. The van der Waals surface area contributed by atoms with E-state index in [4.69, 9.17) is 11.6 Å². The predicted molar refractivity (Wildman–Crippen MR) is 105 cm³/mol. The summed E-state index contributed by atoms with van der Waals surface area (Å²) in [6.07, 6.45) is 1.80. The predicted octanol–water partition coefficient (Wildman–Crippen LogP) is 0.820. The topological polar surface area (TPSA) is 112 Å². The average molecular weight is 404 g/mol. The monoisotopic (exact) mass is 403 g/mol. The minimum atomic E-state index is -0.888. The highest BCUT2D eigenvalue weighted by atomic mass is 35.5. The molecule has 0 aliphatic heterocycles. The van der Waals surface area contributed by atoms with Crippen LogP contribution >= 0.6 is 11.6 Å². The smallest absolute Gasteiger partial charge is 0.302 e. The Balaban J connectivity index is 2.42. The van der Waals surface area contributed by atoms with Crippen molar-refractivity contribution in [1.82, 2.24) is 24.1 Å². The maximum absolute atomic E-state index is 13.1. The van der Waals surface area contributed by atoms with Crippen LogP contribution in [0.3, 0.4) is 0 Å². The van der Waals surface area contributed by atoms with Gasteiger partial charge < -0.3 is 5.10 Å². The van der Waals surface area contributed by atoms with Crippen molar-refractivity contribution in [2.24, 2.45) is 7.05 Å². The van der Waals surface area contributed by atoms with E-state index in [0.29, 0.717) is 11.4 Å². The van der Waals surface area contributed by atoms with Crippen LogP contribution in [0.25, 0.3) is 16.9 Å². The van der Waals surface area contributed by atoms with Crippen LogP contribution in [0, 0.1) is 6.92 Å². The first-order chi connectivity index (χ1) is 13.3. The highest BCUT2D eigenvalue weighted by Crippen LogP contribution is 2.18. The summed E-state index contributed by atoms with van der Waals surface area (Å²) in [6.45, 7) is 3.87. The number of nitrogens with zero attached hydrogens (tertiary/aromatic N) is 4. The van der Waals surface area contributed by atoms with Crippen molar-refractivity contribution in [2.45, 2.75) is 26.8 Å². The van der Waals surface area contributed by atoms with E-state index in [0.717, 1.165) is 19.5 Å². The molecule has 0 aliphatic rings. The fraction of sp³-hybridized carbons (Fsp3) is 0.278. The Morgan fingerprint density at radius 3 is 2.50 bits per heavy atom. The van der Waals surface area contributed by atoms with Gasteiger partial charge in [0.1, 0.15) is 0 Å². The van der Waals surface area contributed by atoms with Gasteiger partial charge in [-0.1, -0.05) is 24.6 Å². The van der Waals surface area contributed by atoms with Crippen LogP contribution in [-0.2, 0) is 13.6 Å². The number of halogens is 1. The Bertz CT molecular complexity index is 1300. The van der Waals surface area contributed by atoms with Gasteiger partial charge in [0.15, 0.2) is 5.69 Å². The minimum absolute atomic E-state index is 0.204. The Hall–Kier alpha value is -3.20. The third-order valence-electron chi connectivity index (χ3n) is 4.29. The van der Waals surface area contributed by atoms with E-state index in [1.165, 1.54) is 19.3 Å². The van der Waals surface area contributed by atoms with Gasteiger partial charge in [0.2, 0.25) is 0 Å². The molecule has 3 rings (SSSR count). The number of hydrogen-bond donors (Lipinski definition) is 1. The van der Waals surface area contributed by atoms with Gasteiger partial charge in [-0.05, 0) is 31.0 Å². The zero-order valence-electron chi connectivity index (χ0n) is 15.5. The summed E-state index contributed by atoms with van der Waals surface area (Å²) in [5.41, 5.74) is -2.65. The van der Waals surface area contributed by atoms with Gasteiger partial charge in [-0.25, -0.2) is 14.0 Å². The lowest BCUT2D eigenvalue weighted by atomic mass is 10.2. The molecule has 0 unspecified atom stereocenters. The summed E-state index contributed by atoms with van der Waals surface area (Å²) in [4.78, 5) is 50.3. The fourth-order valence-corrected chi connectivity index (χ4v) is 2.89. The fourth-order valence-electron chi connectivity index (χ4n) is 2.72. The van der Waals surface area contributed by atoms with Gasteiger partial charge in [-0.15, -0.1) is 0 Å². The van der Waals surface area contributed by atoms with Crippen molar-refractivity contribution in [2.75, 3.05) is 0 Å². The summed E-state index contributed by atoms with van der Waals surface area (Å²) >= 11 is 6.15. The molecule has 0 atom stereocenters. The summed E-state index contributed by atoms with van der Waals surface area (Å²) in [7, 11) is 1.38. The van der Waals surface area contributed by atoms with E-state index in [2.05, 4.69) is 10.2 Å². The van der Waals surface area contributed by atoms with E-state index in [-0.39, 0.29) is 23.5 Å². The third-order valence-corrected chi connectivity index (χ3v) is 4.70. The second kappa shape index (κ2) is 7.43. The molecule has 146 valence electrons. The molecular formula is C18H18ClN5O4. The highest BCUT2D eigenvalue weighted by molar-refractivity contribution is 6.31. The first-order valence-electron chi connectivity index (χ1n) is 8.56. The van der Waals surface area contributed by atoms with E-state index in [1.54, 1.807) is 19.1 Å². The van der Waals surface area contributed by atoms with Crippen LogP contribution in [0.1, 0.15) is 18.9 Å². The first-order valence-corrected chi connectivity index (χ1v) is 8.93. The minimum Gasteiger partial charge on any atom is -0.302 e. The zero-order chi connectivity index (χ0) is 20.6. The largest absolute Gasteiger partial charge is 0.352 e. The van der Waals surface area contributed by atoms with Crippen molar-refractivity contribution < 1.29 is 0 Å². The molecule has 1 aromatic carbocycles. The lowest BCUT2D eigenvalue weighted by Crippen LogP contribution is -2.43. The van der Waals surface area contributed by atoms with Crippen molar-refractivity contribution in [3.8, 4) is 16.9 Å². The second-order valence-corrected chi connectivity index (χ2v) is 6.72. The van der Waals surface area contributed by atoms with Gasteiger partial charge >= 0.3 is 11.2 Å². The van der Waals surface area contributed by atoms with Gasteiger partial charge in [0.25, 0.3) is 11.0 Å².